The lowest BCUT2D eigenvalue weighted by molar-refractivity contribution is 0.0951. The van der Waals surface area contributed by atoms with Crippen LogP contribution in [0.3, 0.4) is 0 Å². The molecule has 0 saturated carbocycles. The molecule has 0 radical (unpaired) electrons. The summed E-state index contributed by atoms with van der Waals surface area (Å²) in [4.78, 5) is 17.2. The topological polar surface area (TPSA) is 77.2 Å². The van der Waals surface area contributed by atoms with Crippen molar-refractivity contribution in [3.8, 4) is 17.2 Å². The molecule has 0 atom stereocenters. The van der Waals surface area contributed by atoms with Gasteiger partial charge in [-0.25, -0.2) is 0 Å². The lowest BCUT2D eigenvalue weighted by Gasteiger charge is -2.11. The molecule has 6 heteroatoms. The zero-order valence-electron chi connectivity index (χ0n) is 15.9. The van der Waals surface area contributed by atoms with Gasteiger partial charge in [0.15, 0.2) is 5.82 Å². The fourth-order valence-electron chi connectivity index (χ4n) is 2.62. The van der Waals surface area contributed by atoms with Crippen molar-refractivity contribution in [2.24, 2.45) is 0 Å². The van der Waals surface area contributed by atoms with Gasteiger partial charge in [0.1, 0.15) is 5.75 Å². The molecule has 27 heavy (non-hydrogen) atoms. The SMILES string of the molecule is COc1ccccc1CNC(=O)c1ccccc1-c1nc(C(C)(C)C)no1. The Kier molecular flexibility index (Phi) is 5.26. The van der Waals surface area contributed by atoms with E-state index in [1.165, 1.54) is 0 Å². The summed E-state index contributed by atoms with van der Waals surface area (Å²) in [6, 6.07) is 14.8. The quantitative estimate of drug-likeness (QED) is 0.740. The minimum absolute atomic E-state index is 0.216. The molecule has 6 nitrogen and oxygen atoms in total. The third-order valence-corrected chi connectivity index (χ3v) is 4.13. The molecule has 0 aliphatic heterocycles. The summed E-state index contributed by atoms with van der Waals surface area (Å²) < 4.78 is 10.7. The van der Waals surface area contributed by atoms with Gasteiger partial charge in [-0.2, -0.15) is 4.98 Å². The van der Waals surface area contributed by atoms with Crippen LogP contribution in [0, 0.1) is 0 Å². The Balaban J connectivity index is 1.83. The number of nitrogens with one attached hydrogen (secondary N) is 1. The number of ether oxygens (including phenoxy) is 1. The number of benzene rings is 2. The maximum atomic E-state index is 12.8. The summed E-state index contributed by atoms with van der Waals surface area (Å²) in [6.07, 6.45) is 0. The lowest BCUT2D eigenvalue weighted by atomic mass is 9.96. The number of hydrogen-bond acceptors (Lipinski definition) is 5. The van der Waals surface area contributed by atoms with Gasteiger partial charge in [0.2, 0.25) is 0 Å². The lowest BCUT2D eigenvalue weighted by Crippen LogP contribution is -2.23. The highest BCUT2D eigenvalue weighted by Gasteiger charge is 2.23. The van der Waals surface area contributed by atoms with Crippen molar-refractivity contribution in [1.29, 1.82) is 0 Å². The molecule has 1 amide bonds. The van der Waals surface area contributed by atoms with E-state index in [4.69, 9.17) is 9.26 Å². The number of carbonyl (C=O) groups excluding carboxylic acids is 1. The van der Waals surface area contributed by atoms with Crippen LogP contribution in [-0.4, -0.2) is 23.2 Å². The number of amides is 1. The molecule has 3 rings (SSSR count). The molecule has 2 aromatic carbocycles. The number of aromatic nitrogens is 2. The van der Waals surface area contributed by atoms with Crippen LogP contribution in [0.4, 0.5) is 0 Å². The number of nitrogens with zero attached hydrogens (tertiary/aromatic N) is 2. The van der Waals surface area contributed by atoms with Gasteiger partial charge in [-0.1, -0.05) is 56.3 Å². The summed E-state index contributed by atoms with van der Waals surface area (Å²) in [5.41, 5.74) is 1.76. The molecular formula is C21H23N3O3. The summed E-state index contributed by atoms with van der Waals surface area (Å²) >= 11 is 0. The van der Waals surface area contributed by atoms with Crippen LogP contribution < -0.4 is 10.1 Å². The third kappa shape index (κ3) is 4.16. The van der Waals surface area contributed by atoms with E-state index in [-0.39, 0.29) is 11.3 Å². The van der Waals surface area contributed by atoms with Gasteiger partial charge in [0, 0.05) is 17.5 Å². The van der Waals surface area contributed by atoms with Gasteiger partial charge in [-0.15, -0.1) is 0 Å². The second kappa shape index (κ2) is 7.61. The molecule has 0 bridgehead atoms. The van der Waals surface area contributed by atoms with E-state index >= 15 is 0 Å². The van der Waals surface area contributed by atoms with Gasteiger partial charge < -0.3 is 14.6 Å². The standard InChI is InChI=1S/C21H23N3O3/c1-21(2,3)20-23-19(27-24-20)16-11-7-6-10-15(16)18(25)22-13-14-9-5-8-12-17(14)26-4/h5-12H,13H2,1-4H3,(H,22,25). The minimum atomic E-state index is -0.233. The summed E-state index contributed by atoms with van der Waals surface area (Å²) in [6.45, 7) is 6.38. The average molecular weight is 365 g/mol. The summed E-state index contributed by atoms with van der Waals surface area (Å²) in [5, 5.41) is 6.97. The molecule has 0 aliphatic rings. The van der Waals surface area contributed by atoms with Crippen molar-refractivity contribution in [2.75, 3.05) is 7.11 Å². The Labute approximate surface area is 158 Å². The van der Waals surface area contributed by atoms with Crippen molar-refractivity contribution in [2.45, 2.75) is 32.7 Å². The van der Waals surface area contributed by atoms with Crippen LogP contribution in [0.5, 0.6) is 5.75 Å². The summed E-state index contributed by atoms with van der Waals surface area (Å²) in [5.74, 6) is 1.45. The molecule has 1 heterocycles. The number of carbonyl (C=O) groups is 1. The van der Waals surface area contributed by atoms with E-state index < -0.39 is 0 Å². The van der Waals surface area contributed by atoms with Crippen molar-refractivity contribution in [3.63, 3.8) is 0 Å². The highest BCUT2D eigenvalue weighted by molar-refractivity contribution is 5.99. The molecule has 0 unspecified atom stereocenters. The predicted molar refractivity (Wildman–Crippen MR) is 103 cm³/mol. The first kappa shape index (κ1) is 18.6. The largest absolute Gasteiger partial charge is 0.496 e. The molecule has 1 N–H and O–H groups in total. The van der Waals surface area contributed by atoms with Crippen molar-refractivity contribution in [1.82, 2.24) is 15.5 Å². The van der Waals surface area contributed by atoms with E-state index in [1.807, 2.05) is 57.2 Å². The van der Waals surface area contributed by atoms with Crippen LogP contribution in [0.1, 0.15) is 42.5 Å². The predicted octanol–water partition coefficient (Wildman–Crippen LogP) is 3.97. The van der Waals surface area contributed by atoms with Crippen molar-refractivity contribution in [3.05, 3.63) is 65.5 Å². The van der Waals surface area contributed by atoms with Gasteiger partial charge >= 0.3 is 0 Å². The van der Waals surface area contributed by atoms with Crippen LogP contribution >= 0.6 is 0 Å². The van der Waals surface area contributed by atoms with E-state index in [0.717, 1.165) is 11.3 Å². The van der Waals surface area contributed by atoms with E-state index in [0.29, 0.717) is 29.4 Å². The van der Waals surface area contributed by atoms with Crippen molar-refractivity contribution < 1.29 is 14.1 Å². The van der Waals surface area contributed by atoms with Crippen molar-refractivity contribution >= 4 is 5.91 Å². The second-order valence-corrected chi connectivity index (χ2v) is 7.21. The Morgan fingerprint density at radius 2 is 1.81 bits per heavy atom. The number of methoxy groups -OCH3 is 1. The Hall–Kier alpha value is -3.15. The monoisotopic (exact) mass is 365 g/mol. The van der Waals surface area contributed by atoms with Gasteiger partial charge in [0.05, 0.1) is 18.2 Å². The molecule has 0 aliphatic carbocycles. The Bertz CT molecular complexity index is 942. The molecule has 0 fully saturated rings. The molecule has 3 aromatic rings. The molecule has 140 valence electrons. The highest BCUT2D eigenvalue weighted by Crippen LogP contribution is 2.26. The van der Waals surface area contributed by atoms with Crippen LogP contribution in [0.2, 0.25) is 0 Å². The fraction of sp³-hybridized carbons (Fsp3) is 0.286. The zero-order valence-corrected chi connectivity index (χ0v) is 15.9. The average Bonchev–Trinajstić information content (AvgIpc) is 3.17. The fourth-order valence-corrected chi connectivity index (χ4v) is 2.62. The summed E-state index contributed by atoms with van der Waals surface area (Å²) in [7, 11) is 1.61. The van der Waals surface area contributed by atoms with Crippen LogP contribution in [0.25, 0.3) is 11.5 Å². The highest BCUT2D eigenvalue weighted by atomic mass is 16.5. The zero-order chi connectivity index (χ0) is 19.4. The van der Waals surface area contributed by atoms with Gasteiger partial charge in [0.25, 0.3) is 11.8 Å². The first-order valence-electron chi connectivity index (χ1n) is 8.74. The van der Waals surface area contributed by atoms with Gasteiger partial charge in [-0.3, -0.25) is 4.79 Å². The number of para-hydroxylation sites is 1. The number of rotatable bonds is 5. The minimum Gasteiger partial charge on any atom is -0.496 e. The number of hydrogen-bond donors (Lipinski definition) is 1. The molecule has 0 spiro atoms. The maximum absolute atomic E-state index is 12.8. The first-order valence-corrected chi connectivity index (χ1v) is 8.74. The van der Waals surface area contributed by atoms with E-state index in [2.05, 4.69) is 15.5 Å². The molecular weight excluding hydrogens is 342 g/mol. The third-order valence-electron chi connectivity index (χ3n) is 4.13. The normalized spacial score (nSPS) is 11.3. The van der Waals surface area contributed by atoms with Crippen LogP contribution in [0.15, 0.2) is 53.1 Å². The van der Waals surface area contributed by atoms with E-state index in [1.54, 1.807) is 19.2 Å². The first-order chi connectivity index (χ1) is 12.9. The Morgan fingerprint density at radius 3 is 2.52 bits per heavy atom. The van der Waals surface area contributed by atoms with Gasteiger partial charge in [-0.05, 0) is 18.2 Å². The van der Waals surface area contributed by atoms with E-state index in [9.17, 15) is 4.79 Å². The smallest absolute Gasteiger partial charge is 0.258 e. The maximum Gasteiger partial charge on any atom is 0.258 e. The molecule has 0 saturated heterocycles. The second-order valence-electron chi connectivity index (χ2n) is 7.21. The van der Waals surface area contributed by atoms with Crippen LogP contribution in [-0.2, 0) is 12.0 Å². The molecule has 1 aromatic heterocycles. The Morgan fingerprint density at radius 1 is 1.11 bits per heavy atom.